The highest BCUT2D eigenvalue weighted by molar-refractivity contribution is 5.85. The first-order valence-electron chi connectivity index (χ1n) is 7.45. The third-order valence-electron chi connectivity index (χ3n) is 3.97. The van der Waals surface area contributed by atoms with Crippen molar-refractivity contribution in [2.75, 3.05) is 13.7 Å². The molecule has 1 fully saturated rings. The van der Waals surface area contributed by atoms with Crippen molar-refractivity contribution < 1.29 is 13.9 Å². The molecule has 0 aliphatic carbocycles. The van der Waals surface area contributed by atoms with Crippen LogP contribution in [-0.4, -0.2) is 31.6 Å². The molecule has 6 heteroatoms. The Morgan fingerprint density at radius 2 is 2.27 bits per heavy atom. The number of benzene rings is 1. The van der Waals surface area contributed by atoms with Crippen molar-refractivity contribution in [3.8, 4) is 5.75 Å². The summed E-state index contributed by atoms with van der Waals surface area (Å²) in [4.78, 5) is 12.0. The summed E-state index contributed by atoms with van der Waals surface area (Å²) in [6.07, 6.45) is 2.99. The summed E-state index contributed by atoms with van der Waals surface area (Å²) in [7, 11) is 1.44. The molecule has 1 aliphatic heterocycles. The molecule has 1 heterocycles. The molecular formula is C16H24ClFN2O2. The molecular weight excluding hydrogens is 307 g/mol. The van der Waals surface area contributed by atoms with Gasteiger partial charge in [-0.25, -0.2) is 4.39 Å². The minimum absolute atomic E-state index is 0. The molecule has 0 bridgehead atoms. The van der Waals surface area contributed by atoms with Crippen molar-refractivity contribution in [2.45, 2.75) is 44.7 Å². The average molecular weight is 331 g/mol. The second-order valence-corrected chi connectivity index (χ2v) is 5.53. The van der Waals surface area contributed by atoms with Crippen LogP contribution < -0.4 is 15.4 Å². The van der Waals surface area contributed by atoms with Crippen LogP contribution in [0.4, 0.5) is 4.39 Å². The van der Waals surface area contributed by atoms with E-state index in [-0.39, 0.29) is 35.9 Å². The number of carbonyl (C=O) groups excluding carboxylic acids is 1. The van der Waals surface area contributed by atoms with Crippen molar-refractivity contribution in [1.29, 1.82) is 0 Å². The van der Waals surface area contributed by atoms with Crippen LogP contribution in [0.2, 0.25) is 0 Å². The minimum atomic E-state index is -0.388. The Bertz CT molecular complexity index is 499. The summed E-state index contributed by atoms with van der Waals surface area (Å²) in [5.74, 6) is -0.141. The van der Waals surface area contributed by atoms with Crippen molar-refractivity contribution >= 4 is 18.3 Å². The molecule has 2 N–H and O–H groups in total. The number of amides is 1. The summed E-state index contributed by atoms with van der Waals surface area (Å²) < 4.78 is 18.4. The predicted octanol–water partition coefficient (Wildman–Crippen LogP) is 2.45. The van der Waals surface area contributed by atoms with Crippen LogP contribution in [0.5, 0.6) is 5.75 Å². The van der Waals surface area contributed by atoms with Crippen LogP contribution in [0.15, 0.2) is 18.2 Å². The first-order chi connectivity index (χ1) is 10.1. The number of ether oxygens (including phenoxy) is 1. The Balaban J connectivity index is 0.00000242. The fourth-order valence-corrected chi connectivity index (χ4v) is 2.64. The number of hydrogen-bond donors (Lipinski definition) is 2. The highest BCUT2D eigenvalue weighted by Crippen LogP contribution is 2.18. The third-order valence-corrected chi connectivity index (χ3v) is 3.97. The lowest BCUT2D eigenvalue weighted by Gasteiger charge is -2.30. The molecule has 2 rings (SSSR count). The number of halogens is 2. The predicted molar refractivity (Wildman–Crippen MR) is 87.2 cm³/mol. The summed E-state index contributed by atoms with van der Waals surface area (Å²) >= 11 is 0. The summed E-state index contributed by atoms with van der Waals surface area (Å²) in [6.45, 7) is 3.10. The number of aryl methyl sites for hydroxylation is 1. The van der Waals surface area contributed by atoms with Gasteiger partial charge in [0.2, 0.25) is 5.91 Å². The Hall–Kier alpha value is -1.33. The van der Waals surface area contributed by atoms with Crippen molar-refractivity contribution in [2.24, 2.45) is 0 Å². The zero-order chi connectivity index (χ0) is 15.2. The number of rotatable bonds is 5. The molecule has 0 spiro atoms. The van der Waals surface area contributed by atoms with Gasteiger partial charge in [-0.2, -0.15) is 0 Å². The molecule has 1 aromatic carbocycles. The molecule has 0 aromatic heterocycles. The van der Waals surface area contributed by atoms with Gasteiger partial charge in [0.1, 0.15) is 0 Å². The van der Waals surface area contributed by atoms with Gasteiger partial charge in [-0.15, -0.1) is 12.4 Å². The molecule has 0 radical (unpaired) electrons. The molecule has 2 atom stereocenters. The largest absolute Gasteiger partial charge is 0.494 e. The maximum Gasteiger partial charge on any atom is 0.220 e. The quantitative estimate of drug-likeness (QED) is 0.872. The van der Waals surface area contributed by atoms with Crippen molar-refractivity contribution in [1.82, 2.24) is 10.6 Å². The van der Waals surface area contributed by atoms with Crippen LogP contribution >= 0.6 is 12.4 Å². The van der Waals surface area contributed by atoms with Gasteiger partial charge < -0.3 is 15.4 Å². The molecule has 1 amide bonds. The number of methoxy groups -OCH3 is 1. The van der Waals surface area contributed by atoms with E-state index in [4.69, 9.17) is 4.74 Å². The third kappa shape index (κ3) is 5.14. The standard InChI is InChI=1S/C16H23FN2O2.ClH/c1-11-14(4-3-9-18-11)19-16(20)8-6-12-5-7-15(21-2)13(17)10-12;/h5,7,10-11,14,18H,3-4,6,8-9H2,1-2H3,(H,19,20);1H. The van der Waals surface area contributed by atoms with E-state index >= 15 is 0 Å². The topological polar surface area (TPSA) is 50.4 Å². The minimum Gasteiger partial charge on any atom is -0.494 e. The lowest BCUT2D eigenvalue weighted by atomic mass is 9.99. The Labute approximate surface area is 137 Å². The Morgan fingerprint density at radius 1 is 1.50 bits per heavy atom. The first kappa shape index (κ1) is 18.7. The molecule has 0 saturated carbocycles. The van der Waals surface area contributed by atoms with Gasteiger partial charge >= 0.3 is 0 Å². The van der Waals surface area contributed by atoms with E-state index < -0.39 is 0 Å². The molecule has 22 heavy (non-hydrogen) atoms. The summed E-state index contributed by atoms with van der Waals surface area (Å²) in [5, 5.41) is 6.41. The molecule has 1 aliphatic rings. The summed E-state index contributed by atoms with van der Waals surface area (Å²) in [6, 6.07) is 5.31. The van der Waals surface area contributed by atoms with Gasteiger partial charge in [0.05, 0.1) is 7.11 Å². The van der Waals surface area contributed by atoms with E-state index in [1.54, 1.807) is 12.1 Å². The van der Waals surface area contributed by atoms with Crippen LogP contribution in [0, 0.1) is 5.82 Å². The van der Waals surface area contributed by atoms with Gasteiger partial charge in [0, 0.05) is 18.5 Å². The van der Waals surface area contributed by atoms with E-state index in [0.717, 1.165) is 24.9 Å². The molecule has 1 aromatic rings. The normalized spacial score (nSPS) is 20.9. The van der Waals surface area contributed by atoms with Crippen molar-refractivity contribution in [3.63, 3.8) is 0 Å². The number of carbonyl (C=O) groups is 1. The first-order valence-corrected chi connectivity index (χ1v) is 7.45. The second-order valence-electron chi connectivity index (χ2n) is 5.53. The van der Waals surface area contributed by atoms with Crippen LogP contribution in [0.1, 0.15) is 31.7 Å². The Kier molecular flexibility index (Phi) is 7.62. The van der Waals surface area contributed by atoms with Gasteiger partial charge in [-0.1, -0.05) is 6.07 Å². The van der Waals surface area contributed by atoms with Crippen LogP contribution in [0.3, 0.4) is 0 Å². The average Bonchev–Trinajstić information content (AvgIpc) is 2.48. The zero-order valence-corrected chi connectivity index (χ0v) is 13.8. The smallest absolute Gasteiger partial charge is 0.220 e. The Morgan fingerprint density at radius 3 is 2.91 bits per heavy atom. The van der Waals surface area contributed by atoms with Gasteiger partial charge in [-0.3, -0.25) is 4.79 Å². The molecule has 4 nitrogen and oxygen atoms in total. The van der Waals surface area contributed by atoms with E-state index in [9.17, 15) is 9.18 Å². The van der Waals surface area contributed by atoms with Crippen LogP contribution in [0.25, 0.3) is 0 Å². The van der Waals surface area contributed by atoms with Gasteiger partial charge in [-0.05, 0) is 50.4 Å². The lowest BCUT2D eigenvalue weighted by molar-refractivity contribution is -0.122. The molecule has 2 unspecified atom stereocenters. The fraction of sp³-hybridized carbons (Fsp3) is 0.562. The van der Waals surface area contributed by atoms with E-state index in [1.165, 1.54) is 13.2 Å². The fourth-order valence-electron chi connectivity index (χ4n) is 2.64. The second kappa shape index (κ2) is 8.96. The highest BCUT2D eigenvalue weighted by atomic mass is 35.5. The monoisotopic (exact) mass is 330 g/mol. The SMILES string of the molecule is COc1ccc(CCC(=O)NC2CCCNC2C)cc1F.Cl. The van der Waals surface area contributed by atoms with E-state index in [2.05, 4.69) is 17.6 Å². The number of nitrogens with one attached hydrogen (secondary N) is 2. The highest BCUT2D eigenvalue weighted by Gasteiger charge is 2.22. The summed E-state index contributed by atoms with van der Waals surface area (Å²) in [5.41, 5.74) is 0.804. The number of piperidine rings is 1. The van der Waals surface area contributed by atoms with Gasteiger partial charge in [0.25, 0.3) is 0 Å². The molecule has 124 valence electrons. The van der Waals surface area contributed by atoms with Crippen molar-refractivity contribution in [3.05, 3.63) is 29.6 Å². The molecule has 1 saturated heterocycles. The maximum atomic E-state index is 13.6. The number of hydrogen-bond acceptors (Lipinski definition) is 3. The van der Waals surface area contributed by atoms with E-state index in [1.807, 2.05) is 0 Å². The zero-order valence-electron chi connectivity index (χ0n) is 13.0. The van der Waals surface area contributed by atoms with Crippen LogP contribution in [-0.2, 0) is 11.2 Å². The van der Waals surface area contributed by atoms with Gasteiger partial charge in [0.15, 0.2) is 11.6 Å². The maximum absolute atomic E-state index is 13.6. The lowest BCUT2D eigenvalue weighted by Crippen LogP contribution is -2.51. The van der Waals surface area contributed by atoms with E-state index in [0.29, 0.717) is 18.9 Å².